The summed E-state index contributed by atoms with van der Waals surface area (Å²) in [5.41, 5.74) is 1.86. The largest absolute Gasteiger partial charge is 0.508 e. The van der Waals surface area contributed by atoms with Crippen molar-refractivity contribution in [3.8, 4) is 5.75 Å². The van der Waals surface area contributed by atoms with Crippen molar-refractivity contribution in [2.45, 2.75) is 45.3 Å². The van der Waals surface area contributed by atoms with E-state index in [1.165, 1.54) is 6.07 Å². The molecular formula is C21H25NO5. The number of carboxylic acid groups (broad SMARTS) is 1. The van der Waals surface area contributed by atoms with Crippen LogP contribution in [0.5, 0.6) is 5.75 Å². The number of benzene rings is 2. The van der Waals surface area contributed by atoms with Gasteiger partial charge in [0.2, 0.25) is 0 Å². The van der Waals surface area contributed by atoms with Gasteiger partial charge in [-0.05, 0) is 56.0 Å². The van der Waals surface area contributed by atoms with Gasteiger partial charge in [-0.1, -0.05) is 36.4 Å². The number of phenolic OH excluding ortho intramolecular Hbond substituents is 1. The molecule has 0 radical (unpaired) electrons. The Morgan fingerprint density at radius 1 is 1.07 bits per heavy atom. The van der Waals surface area contributed by atoms with Crippen molar-refractivity contribution in [3.05, 3.63) is 65.2 Å². The van der Waals surface area contributed by atoms with Crippen LogP contribution in [0.15, 0.2) is 48.5 Å². The van der Waals surface area contributed by atoms with E-state index in [2.05, 4.69) is 5.32 Å². The molecular weight excluding hydrogens is 346 g/mol. The van der Waals surface area contributed by atoms with Crippen LogP contribution in [-0.4, -0.2) is 33.9 Å². The highest BCUT2D eigenvalue weighted by Crippen LogP contribution is 2.21. The number of ether oxygens (including phenoxy) is 1. The molecule has 1 atom stereocenters. The summed E-state index contributed by atoms with van der Waals surface area (Å²) in [5.74, 6) is -1.05. The van der Waals surface area contributed by atoms with E-state index in [0.29, 0.717) is 6.42 Å². The van der Waals surface area contributed by atoms with Crippen LogP contribution in [-0.2, 0) is 22.4 Å². The molecule has 0 saturated heterocycles. The van der Waals surface area contributed by atoms with E-state index in [1.807, 2.05) is 30.3 Å². The standard InChI is InChI=1S/C21H25NO5/c1-21(2,3)27-20(26)22-18(19(24)25)13-15-9-10-17(23)12-16(15)11-14-7-5-4-6-8-14/h4-10,12,18,23H,11,13H2,1-3H3,(H,22,26)(H,24,25)/t18-/m0/s1. The van der Waals surface area contributed by atoms with E-state index < -0.39 is 23.7 Å². The highest BCUT2D eigenvalue weighted by molar-refractivity contribution is 5.80. The molecule has 0 aromatic heterocycles. The first-order chi connectivity index (χ1) is 12.6. The molecule has 144 valence electrons. The second kappa shape index (κ2) is 8.58. The Morgan fingerprint density at radius 3 is 2.33 bits per heavy atom. The SMILES string of the molecule is CC(C)(C)OC(=O)N[C@@H](Cc1ccc(O)cc1Cc1ccccc1)C(=O)O. The molecule has 6 nitrogen and oxygen atoms in total. The monoisotopic (exact) mass is 371 g/mol. The first-order valence-electron chi connectivity index (χ1n) is 8.71. The zero-order chi connectivity index (χ0) is 20.0. The third-order valence-corrected chi connectivity index (χ3v) is 3.84. The maximum absolute atomic E-state index is 12.0. The maximum Gasteiger partial charge on any atom is 0.408 e. The number of carbonyl (C=O) groups excluding carboxylic acids is 1. The number of carboxylic acids is 1. The van der Waals surface area contributed by atoms with Crippen LogP contribution in [0, 0.1) is 0 Å². The number of hydrogen-bond acceptors (Lipinski definition) is 4. The zero-order valence-electron chi connectivity index (χ0n) is 15.7. The molecule has 0 aliphatic rings. The zero-order valence-corrected chi connectivity index (χ0v) is 15.7. The van der Waals surface area contributed by atoms with Gasteiger partial charge in [0, 0.05) is 6.42 Å². The molecule has 3 N–H and O–H groups in total. The van der Waals surface area contributed by atoms with Crippen molar-refractivity contribution < 1.29 is 24.5 Å². The summed E-state index contributed by atoms with van der Waals surface area (Å²) in [7, 11) is 0. The number of amides is 1. The van der Waals surface area contributed by atoms with Crippen molar-refractivity contribution in [3.63, 3.8) is 0 Å². The van der Waals surface area contributed by atoms with E-state index in [4.69, 9.17) is 4.74 Å². The second-order valence-corrected chi connectivity index (χ2v) is 7.36. The molecule has 0 fully saturated rings. The summed E-state index contributed by atoms with van der Waals surface area (Å²) in [6.45, 7) is 5.13. The smallest absolute Gasteiger partial charge is 0.408 e. The van der Waals surface area contributed by atoms with E-state index in [0.717, 1.165) is 16.7 Å². The molecule has 0 spiro atoms. The summed E-state index contributed by atoms with van der Waals surface area (Å²) < 4.78 is 5.15. The van der Waals surface area contributed by atoms with Gasteiger partial charge in [0.15, 0.2) is 0 Å². The second-order valence-electron chi connectivity index (χ2n) is 7.36. The highest BCUT2D eigenvalue weighted by atomic mass is 16.6. The Morgan fingerprint density at radius 2 is 1.74 bits per heavy atom. The molecule has 0 unspecified atom stereocenters. The number of rotatable bonds is 6. The molecule has 2 aromatic carbocycles. The van der Waals surface area contributed by atoms with Crippen molar-refractivity contribution in [2.75, 3.05) is 0 Å². The minimum absolute atomic E-state index is 0.0804. The van der Waals surface area contributed by atoms with Crippen molar-refractivity contribution in [2.24, 2.45) is 0 Å². The predicted octanol–water partition coefficient (Wildman–Crippen LogP) is 3.50. The van der Waals surface area contributed by atoms with Crippen LogP contribution in [0.3, 0.4) is 0 Å². The van der Waals surface area contributed by atoms with Gasteiger partial charge < -0.3 is 20.3 Å². The molecule has 1 amide bonds. The van der Waals surface area contributed by atoms with Crippen LogP contribution in [0.25, 0.3) is 0 Å². The van der Waals surface area contributed by atoms with Crippen molar-refractivity contribution >= 4 is 12.1 Å². The van der Waals surface area contributed by atoms with Gasteiger partial charge in [-0.15, -0.1) is 0 Å². The highest BCUT2D eigenvalue weighted by Gasteiger charge is 2.25. The Kier molecular flexibility index (Phi) is 6.45. The molecule has 6 heteroatoms. The lowest BCUT2D eigenvalue weighted by Crippen LogP contribution is -2.44. The lowest BCUT2D eigenvalue weighted by molar-refractivity contribution is -0.139. The fourth-order valence-electron chi connectivity index (χ4n) is 2.66. The molecule has 27 heavy (non-hydrogen) atoms. The van der Waals surface area contributed by atoms with Gasteiger partial charge in [-0.25, -0.2) is 9.59 Å². The van der Waals surface area contributed by atoms with E-state index in [-0.39, 0.29) is 12.2 Å². The molecule has 0 aliphatic heterocycles. The van der Waals surface area contributed by atoms with Crippen LogP contribution in [0.2, 0.25) is 0 Å². The minimum atomic E-state index is -1.15. The number of aromatic hydroxyl groups is 1. The van der Waals surface area contributed by atoms with Crippen LogP contribution in [0.1, 0.15) is 37.5 Å². The molecule has 0 aliphatic carbocycles. The maximum atomic E-state index is 12.0. The summed E-state index contributed by atoms with van der Waals surface area (Å²) >= 11 is 0. The average molecular weight is 371 g/mol. The number of nitrogens with one attached hydrogen (secondary N) is 1. The summed E-state index contributed by atoms with van der Waals surface area (Å²) in [6.07, 6.45) is -0.154. The summed E-state index contributed by atoms with van der Waals surface area (Å²) in [4.78, 5) is 23.6. The molecule has 0 heterocycles. The summed E-state index contributed by atoms with van der Waals surface area (Å²) in [5, 5.41) is 21.7. The Bertz CT molecular complexity index is 796. The minimum Gasteiger partial charge on any atom is -0.508 e. The number of carbonyl (C=O) groups is 2. The average Bonchev–Trinajstić information content (AvgIpc) is 2.55. The van der Waals surface area contributed by atoms with Crippen molar-refractivity contribution in [1.29, 1.82) is 0 Å². The van der Waals surface area contributed by atoms with E-state index in [1.54, 1.807) is 32.9 Å². The first kappa shape index (κ1) is 20.3. The van der Waals surface area contributed by atoms with E-state index >= 15 is 0 Å². The molecule has 0 bridgehead atoms. The number of alkyl carbamates (subject to hydrolysis) is 1. The van der Waals surface area contributed by atoms with Gasteiger partial charge in [-0.3, -0.25) is 0 Å². The lowest BCUT2D eigenvalue weighted by Gasteiger charge is -2.22. The van der Waals surface area contributed by atoms with Crippen LogP contribution >= 0.6 is 0 Å². The Balaban J connectivity index is 2.20. The lowest BCUT2D eigenvalue weighted by atomic mass is 9.95. The first-order valence-corrected chi connectivity index (χ1v) is 8.71. The normalized spacial score (nSPS) is 12.3. The van der Waals surface area contributed by atoms with Gasteiger partial charge in [0.05, 0.1) is 0 Å². The third-order valence-electron chi connectivity index (χ3n) is 3.84. The quantitative estimate of drug-likeness (QED) is 0.722. The summed E-state index contributed by atoms with van der Waals surface area (Å²) in [6, 6.07) is 13.3. The van der Waals surface area contributed by atoms with Crippen LogP contribution in [0.4, 0.5) is 4.79 Å². The fraction of sp³-hybridized carbons (Fsp3) is 0.333. The predicted molar refractivity (Wildman–Crippen MR) is 102 cm³/mol. The fourth-order valence-corrected chi connectivity index (χ4v) is 2.66. The third kappa shape index (κ3) is 6.66. The Hall–Kier alpha value is -3.02. The van der Waals surface area contributed by atoms with E-state index in [9.17, 15) is 19.8 Å². The molecule has 2 rings (SSSR count). The number of phenols is 1. The number of aliphatic carboxylic acids is 1. The Labute approximate surface area is 158 Å². The molecule has 2 aromatic rings. The van der Waals surface area contributed by atoms with Gasteiger partial charge >= 0.3 is 12.1 Å². The van der Waals surface area contributed by atoms with Gasteiger partial charge in [0.1, 0.15) is 17.4 Å². The topological polar surface area (TPSA) is 95.9 Å². The van der Waals surface area contributed by atoms with Gasteiger partial charge in [-0.2, -0.15) is 0 Å². The van der Waals surface area contributed by atoms with Crippen molar-refractivity contribution in [1.82, 2.24) is 5.32 Å². The van der Waals surface area contributed by atoms with Gasteiger partial charge in [0.25, 0.3) is 0 Å². The number of hydrogen-bond donors (Lipinski definition) is 3. The van der Waals surface area contributed by atoms with Crippen LogP contribution < -0.4 is 5.32 Å². The molecule has 0 saturated carbocycles.